The quantitative estimate of drug-likeness (QED) is 0.823. The maximum Gasteiger partial charge on any atom is 0.309 e. The van der Waals surface area contributed by atoms with Crippen molar-refractivity contribution in [2.45, 2.75) is 13.3 Å². The van der Waals surface area contributed by atoms with Crippen molar-refractivity contribution in [3.63, 3.8) is 0 Å². The number of aromatic hydroxyl groups is 1. The van der Waals surface area contributed by atoms with Crippen molar-refractivity contribution in [2.24, 2.45) is 0 Å². The minimum atomic E-state index is -0.282. The minimum Gasteiger partial charge on any atom is -0.506 e. The van der Waals surface area contributed by atoms with E-state index in [4.69, 9.17) is 16.3 Å². The number of benzene rings is 1. The lowest BCUT2D eigenvalue weighted by atomic mass is 10.2. The third kappa shape index (κ3) is 3.59. The minimum absolute atomic E-state index is 0.0277. The van der Waals surface area contributed by atoms with Gasteiger partial charge in [0.25, 0.3) is 0 Å². The van der Waals surface area contributed by atoms with Gasteiger partial charge in [-0.3, -0.25) is 4.79 Å². The van der Waals surface area contributed by atoms with Crippen LogP contribution in [0.5, 0.6) is 5.75 Å². The highest BCUT2D eigenvalue weighted by molar-refractivity contribution is 6.33. The molecule has 86 valence electrons. The number of phenolic OH excluding ortho intramolecular Hbond substituents is 1. The van der Waals surface area contributed by atoms with E-state index in [-0.39, 0.29) is 23.2 Å². The predicted octanol–water partition coefficient (Wildman–Crippen LogP) is 3.01. The zero-order valence-electron chi connectivity index (χ0n) is 8.94. The molecule has 0 spiro atoms. The Kier molecular flexibility index (Phi) is 4.86. The molecule has 16 heavy (non-hydrogen) atoms. The third-order valence-electron chi connectivity index (χ3n) is 1.90. The summed E-state index contributed by atoms with van der Waals surface area (Å²) >= 11 is 5.85. The van der Waals surface area contributed by atoms with Crippen molar-refractivity contribution in [3.05, 3.63) is 34.9 Å². The summed E-state index contributed by atoms with van der Waals surface area (Å²) in [6.07, 6.45) is 3.53. The summed E-state index contributed by atoms with van der Waals surface area (Å²) in [5.74, 6) is -0.255. The van der Waals surface area contributed by atoms with E-state index >= 15 is 0 Å². The number of phenols is 1. The van der Waals surface area contributed by atoms with E-state index in [0.717, 1.165) is 0 Å². The van der Waals surface area contributed by atoms with Crippen LogP contribution < -0.4 is 0 Å². The zero-order chi connectivity index (χ0) is 12.0. The first kappa shape index (κ1) is 12.6. The molecule has 1 aromatic carbocycles. The van der Waals surface area contributed by atoms with E-state index in [0.29, 0.717) is 12.2 Å². The molecule has 3 nitrogen and oxygen atoms in total. The van der Waals surface area contributed by atoms with Crippen molar-refractivity contribution < 1.29 is 14.6 Å². The SMILES string of the molecule is CCOC(=O)CC=Cc1cccc(O)c1Cl. The highest BCUT2D eigenvalue weighted by Crippen LogP contribution is 2.27. The van der Waals surface area contributed by atoms with Crippen LogP contribution in [0.15, 0.2) is 24.3 Å². The van der Waals surface area contributed by atoms with E-state index in [9.17, 15) is 9.90 Å². The van der Waals surface area contributed by atoms with Crippen LogP contribution in [-0.2, 0) is 9.53 Å². The molecule has 0 unspecified atom stereocenters. The first-order valence-electron chi connectivity index (χ1n) is 4.94. The summed E-state index contributed by atoms with van der Waals surface area (Å²) in [7, 11) is 0. The lowest BCUT2D eigenvalue weighted by molar-refractivity contribution is -0.142. The Morgan fingerprint density at radius 1 is 1.56 bits per heavy atom. The molecule has 1 N–H and O–H groups in total. The monoisotopic (exact) mass is 240 g/mol. The highest BCUT2D eigenvalue weighted by Gasteiger charge is 2.02. The smallest absolute Gasteiger partial charge is 0.309 e. The largest absolute Gasteiger partial charge is 0.506 e. The van der Waals surface area contributed by atoms with Crippen LogP contribution in [0.3, 0.4) is 0 Å². The van der Waals surface area contributed by atoms with Gasteiger partial charge in [-0.25, -0.2) is 0 Å². The highest BCUT2D eigenvalue weighted by atomic mass is 35.5. The number of halogens is 1. The van der Waals surface area contributed by atoms with Crippen LogP contribution in [0.1, 0.15) is 18.9 Å². The second-order valence-corrected chi connectivity index (χ2v) is 3.47. The second kappa shape index (κ2) is 6.18. The number of rotatable bonds is 4. The van der Waals surface area contributed by atoms with E-state index in [1.165, 1.54) is 6.07 Å². The molecule has 0 radical (unpaired) electrons. The van der Waals surface area contributed by atoms with Crippen molar-refractivity contribution in [1.29, 1.82) is 0 Å². The molecule has 1 rings (SSSR count). The average Bonchev–Trinajstić information content (AvgIpc) is 2.25. The molecule has 0 aliphatic carbocycles. The van der Waals surface area contributed by atoms with Crippen molar-refractivity contribution >= 4 is 23.6 Å². The number of ether oxygens (including phenoxy) is 1. The van der Waals surface area contributed by atoms with Gasteiger partial charge in [0, 0.05) is 0 Å². The van der Waals surface area contributed by atoms with Crippen molar-refractivity contribution in [3.8, 4) is 5.75 Å². The number of carbonyl (C=O) groups is 1. The second-order valence-electron chi connectivity index (χ2n) is 3.09. The maximum absolute atomic E-state index is 11.0. The molecular formula is C12H13ClO3. The number of carbonyl (C=O) groups excluding carboxylic acids is 1. The summed E-state index contributed by atoms with van der Waals surface area (Å²) in [5, 5.41) is 9.62. The Morgan fingerprint density at radius 2 is 2.31 bits per heavy atom. The molecule has 0 saturated carbocycles. The number of esters is 1. The topological polar surface area (TPSA) is 46.5 Å². The van der Waals surface area contributed by atoms with Gasteiger partial charge in [0.05, 0.1) is 18.1 Å². The molecule has 0 aliphatic rings. The number of hydrogen-bond acceptors (Lipinski definition) is 3. The molecule has 0 aromatic heterocycles. The first-order chi connectivity index (χ1) is 7.65. The standard InChI is InChI=1S/C12H13ClO3/c1-2-16-11(15)8-4-6-9-5-3-7-10(14)12(9)13/h3-7,14H,2,8H2,1H3. The van der Waals surface area contributed by atoms with Crippen LogP contribution in [0.25, 0.3) is 6.08 Å². The van der Waals surface area contributed by atoms with Gasteiger partial charge in [-0.1, -0.05) is 35.9 Å². The molecule has 0 amide bonds. The van der Waals surface area contributed by atoms with E-state index < -0.39 is 0 Å². The molecule has 0 atom stereocenters. The number of hydrogen-bond donors (Lipinski definition) is 1. The summed E-state index contributed by atoms with van der Waals surface area (Å²) in [6.45, 7) is 2.13. The fourth-order valence-corrected chi connectivity index (χ4v) is 1.36. The molecule has 1 aromatic rings. The Bertz CT molecular complexity index is 399. The third-order valence-corrected chi connectivity index (χ3v) is 2.31. The summed E-state index contributed by atoms with van der Waals surface area (Å²) in [5.41, 5.74) is 0.672. The Hall–Kier alpha value is -1.48. The molecule has 4 heteroatoms. The van der Waals surface area contributed by atoms with Gasteiger partial charge in [-0.2, -0.15) is 0 Å². The fraction of sp³-hybridized carbons (Fsp3) is 0.250. The Labute approximate surface area is 99.3 Å². The van der Waals surface area contributed by atoms with Gasteiger partial charge < -0.3 is 9.84 Å². The van der Waals surface area contributed by atoms with E-state index in [1.54, 1.807) is 31.2 Å². The molecule has 0 saturated heterocycles. The lowest BCUT2D eigenvalue weighted by Gasteiger charge is -2.00. The van der Waals surface area contributed by atoms with Crippen LogP contribution in [-0.4, -0.2) is 17.7 Å². The average molecular weight is 241 g/mol. The molecule has 0 aliphatic heterocycles. The molecular weight excluding hydrogens is 228 g/mol. The molecule has 0 bridgehead atoms. The Balaban J connectivity index is 2.63. The van der Waals surface area contributed by atoms with Gasteiger partial charge in [-0.15, -0.1) is 0 Å². The lowest BCUT2D eigenvalue weighted by Crippen LogP contribution is -2.01. The maximum atomic E-state index is 11.0. The van der Waals surface area contributed by atoms with Gasteiger partial charge in [0.15, 0.2) is 0 Å². The van der Waals surface area contributed by atoms with Crippen LogP contribution >= 0.6 is 11.6 Å². The van der Waals surface area contributed by atoms with Gasteiger partial charge >= 0.3 is 5.97 Å². The predicted molar refractivity (Wildman–Crippen MR) is 63.4 cm³/mol. The van der Waals surface area contributed by atoms with Crippen LogP contribution in [0, 0.1) is 0 Å². The van der Waals surface area contributed by atoms with Gasteiger partial charge in [-0.05, 0) is 18.6 Å². The van der Waals surface area contributed by atoms with Crippen LogP contribution in [0.4, 0.5) is 0 Å². The molecule has 0 fully saturated rings. The molecule has 0 heterocycles. The van der Waals surface area contributed by atoms with Gasteiger partial charge in [0.1, 0.15) is 5.75 Å². The summed E-state index contributed by atoms with van der Waals surface area (Å²) in [6, 6.07) is 4.94. The van der Waals surface area contributed by atoms with E-state index in [1.807, 2.05) is 0 Å². The van der Waals surface area contributed by atoms with E-state index in [2.05, 4.69) is 0 Å². The van der Waals surface area contributed by atoms with Crippen molar-refractivity contribution in [1.82, 2.24) is 0 Å². The van der Waals surface area contributed by atoms with Gasteiger partial charge in [0.2, 0.25) is 0 Å². The summed E-state index contributed by atoms with van der Waals surface area (Å²) < 4.78 is 4.76. The first-order valence-corrected chi connectivity index (χ1v) is 5.32. The zero-order valence-corrected chi connectivity index (χ0v) is 9.70. The summed E-state index contributed by atoms with van der Waals surface area (Å²) in [4.78, 5) is 11.0. The normalized spacial score (nSPS) is 10.6. The van der Waals surface area contributed by atoms with Crippen molar-refractivity contribution in [2.75, 3.05) is 6.61 Å². The van der Waals surface area contributed by atoms with Crippen LogP contribution in [0.2, 0.25) is 5.02 Å². The fourth-order valence-electron chi connectivity index (χ4n) is 1.17. The Morgan fingerprint density at radius 3 is 3.00 bits per heavy atom.